The Bertz CT molecular complexity index is 755. The van der Waals surface area contributed by atoms with Gasteiger partial charge in [0.2, 0.25) is 5.91 Å². The zero-order valence-electron chi connectivity index (χ0n) is 18.0. The molecule has 3 rings (SSSR count). The van der Waals surface area contributed by atoms with Gasteiger partial charge in [-0.25, -0.2) is 19.5 Å². The molecule has 2 aliphatic heterocycles. The average Bonchev–Trinajstić information content (AvgIpc) is 3.20. The quantitative estimate of drug-likeness (QED) is 0.502. The molecule has 11 heteroatoms. The van der Waals surface area contributed by atoms with Gasteiger partial charge in [-0.15, -0.1) is 0 Å². The molecule has 2 N–H and O–H groups in total. The molecule has 1 atom stereocenters. The Morgan fingerprint density at radius 3 is 2.67 bits per heavy atom. The van der Waals surface area contributed by atoms with Crippen LogP contribution in [0, 0.1) is 0 Å². The van der Waals surface area contributed by atoms with Crippen molar-refractivity contribution in [2.24, 2.45) is 4.99 Å². The van der Waals surface area contributed by atoms with Crippen LogP contribution < -0.4 is 10.6 Å². The van der Waals surface area contributed by atoms with Gasteiger partial charge in [-0.2, -0.15) is 5.10 Å². The number of fused-ring (bicyclic) bond motifs is 1. The molecule has 2 amide bonds. The second kappa shape index (κ2) is 10.3. The van der Waals surface area contributed by atoms with Crippen molar-refractivity contribution in [3.05, 3.63) is 12.2 Å². The number of nitrogens with one attached hydrogen (secondary N) is 2. The Kier molecular flexibility index (Phi) is 7.47. The molecule has 1 fully saturated rings. The van der Waals surface area contributed by atoms with Crippen molar-refractivity contribution in [3.63, 3.8) is 0 Å². The summed E-state index contributed by atoms with van der Waals surface area (Å²) in [6.07, 6.45) is 4.67. The average molecular weight is 421 g/mol. The maximum Gasteiger partial charge on any atom is 0.409 e. The summed E-state index contributed by atoms with van der Waals surface area (Å²) in [5.74, 6) is 1.55. The van der Waals surface area contributed by atoms with E-state index in [0.29, 0.717) is 32.2 Å². The van der Waals surface area contributed by atoms with Crippen LogP contribution in [0.15, 0.2) is 11.3 Å². The number of carbonyl (C=O) groups is 2. The molecule has 30 heavy (non-hydrogen) atoms. The fourth-order valence-corrected chi connectivity index (χ4v) is 3.58. The van der Waals surface area contributed by atoms with Gasteiger partial charge in [0.15, 0.2) is 5.96 Å². The highest BCUT2D eigenvalue weighted by atomic mass is 16.6. The number of amides is 2. The Morgan fingerprint density at radius 1 is 1.23 bits per heavy atom. The maximum absolute atomic E-state index is 12.0. The lowest BCUT2D eigenvalue weighted by atomic mass is 10.1. The van der Waals surface area contributed by atoms with Gasteiger partial charge < -0.3 is 25.2 Å². The van der Waals surface area contributed by atoms with Crippen molar-refractivity contribution in [1.29, 1.82) is 0 Å². The van der Waals surface area contributed by atoms with E-state index in [0.717, 1.165) is 31.5 Å². The summed E-state index contributed by atoms with van der Waals surface area (Å²) in [4.78, 5) is 36.0. The molecule has 1 aromatic heterocycles. The summed E-state index contributed by atoms with van der Waals surface area (Å²) in [7, 11) is 3.44. The van der Waals surface area contributed by atoms with Gasteiger partial charge in [0.1, 0.15) is 18.7 Å². The Morgan fingerprint density at radius 2 is 1.97 bits per heavy atom. The van der Waals surface area contributed by atoms with Crippen LogP contribution in [0.3, 0.4) is 0 Å². The first kappa shape index (κ1) is 21.8. The number of aryl methyl sites for hydroxylation is 1. The van der Waals surface area contributed by atoms with Crippen molar-refractivity contribution in [1.82, 2.24) is 35.2 Å². The van der Waals surface area contributed by atoms with Crippen LogP contribution in [0.2, 0.25) is 0 Å². The largest absolute Gasteiger partial charge is 0.450 e. The summed E-state index contributed by atoms with van der Waals surface area (Å²) in [5.41, 5.74) is 0. The molecule has 1 saturated heterocycles. The van der Waals surface area contributed by atoms with Gasteiger partial charge in [-0.1, -0.05) is 0 Å². The zero-order valence-corrected chi connectivity index (χ0v) is 18.0. The molecule has 0 aromatic carbocycles. The summed E-state index contributed by atoms with van der Waals surface area (Å²) < 4.78 is 6.99. The lowest BCUT2D eigenvalue weighted by Crippen LogP contribution is -2.53. The van der Waals surface area contributed by atoms with Crippen molar-refractivity contribution < 1.29 is 14.3 Å². The predicted molar refractivity (Wildman–Crippen MR) is 111 cm³/mol. The lowest BCUT2D eigenvalue weighted by Gasteiger charge is -2.33. The van der Waals surface area contributed by atoms with E-state index in [-0.39, 0.29) is 30.6 Å². The summed E-state index contributed by atoms with van der Waals surface area (Å²) >= 11 is 0. The van der Waals surface area contributed by atoms with E-state index in [1.165, 1.54) is 4.90 Å². The van der Waals surface area contributed by atoms with E-state index in [1.54, 1.807) is 25.3 Å². The van der Waals surface area contributed by atoms with E-state index in [9.17, 15) is 9.59 Å². The van der Waals surface area contributed by atoms with Crippen LogP contribution in [0.4, 0.5) is 4.79 Å². The first-order valence-corrected chi connectivity index (χ1v) is 10.5. The van der Waals surface area contributed by atoms with E-state index in [4.69, 9.17) is 4.74 Å². The number of guanidine groups is 1. The number of piperidine rings is 1. The van der Waals surface area contributed by atoms with Crippen LogP contribution in [-0.2, 0) is 22.5 Å². The Balaban J connectivity index is 1.58. The third kappa shape index (κ3) is 5.83. The van der Waals surface area contributed by atoms with Gasteiger partial charge in [0.05, 0.1) is 13.2 Å². The Hall–Kier alpha value is -2.85. The van der Waals surface area contributed by atoms with Crippen molar-refractivity contribution >= 4 is 18.0 Å². The first-order valence-electron chi connectivity index (χ1n) is 10.5. The van der Waals surface area contributed by atoms with Gasteiger partial charge in [-0.05, 0) is 26.2 Å². The molecular weight excluding hydrogens is 388 g/mol. The number of aliphatic imine (C=N–C) groups is 1. The van der Waals surface area contributed by atoms with Crippen LogP contribution in [-0.4, -0.2) is 94.9 Å². The number of carbonyl (C=O) groups excluding carboxylic acids is 2. The number of aromatic nitrogens is 3. The highest BCUT2D eigenvalue weighted by Gasteiger charge is 2.26. The molecule has 0 aliphatic carbocycles. The van der Waals surface area contributed by atoms with Gasteiger partial charge in [-0.3, -0.25) is 4.79 Å². The third-order valence-electron chi connectivity index (χ3n) is 5.38. The molecule has 0 bridgehead atoms. The highest BCUT2D eigenvalue weighted by Crippen LogP contribution is 2.13. The summed E-state index contributed by atoms with van der Waals surface area (Å²) in [5, 5.41) is 11.2. The van der Waals surface area contributed by atoms with Crippen LogP contribution in [0.5, 0.6) is 0 Å². The molecule has 0 radical (unpaired) electrons. The van der Waals surface area contributed by atoms with E-state index >= 15 is 0 Å². The topological polar surface area (TPSA) is 117 Å². The van der Waals surface area contributed by atoms with E-state index < -0.39 is 0 Å². The molecule has 3 heterocycles. The normalized spacial score (nSPS) is 19.8. The smallest absolute Gasteiger partial charge is 0.409 e. The Labute approximate surface area is 176 Å². The second-order valence-electron chi connectivity index (χ2n) is 7.80. The molecule has 2 aliphatic rings. The molecule has 0 spiro atoms. The highest BCUT2D eigenvalue weighted by molar-refractivity contribution is 5.85. The molecular formula is C19H32N8O3. The minimum absolute atomic E-state index is 0.0598. The zero-order chi connectivity index (χ0) is 21.5. The van der Waals surface area contributed by atoms with Crippen molar-refractivity contribution in [2.45, 2.75) is 51.2 Å². The van der Waals surface area contributed by atoms with Crippen LogP contribution in [0.1, 0.15) is 32.0 Å². The SMILES string of the molecule is CCOC(=O)N1CCC(NC(=NCC(=O)N(C)C)NC2CCc3ncnn3C2)CC1. The molecule has 1 aromatic rings. The number of rotatable bonds is 5. The predicted octanol–water partition coefficient (Wildman–Crippen LogP) is -0.163. The lowest BCUT2D eigenvalue weighted by molar-refractivity contribution is -0.127. The second-order valence-corrected chi connectivity index (χ2v) is 7.80. The van der Waals surface area contributed by atoms with E-state index in [1.807, 2.05) is 11.6 Å². The molecule has 11 nitrogen and oxygen atoms in total. The van der Waals surface area contributed by atoms with Crippen LogP contribution >= 0.6 is 0 Å². The van der Waals surface area contributed by atoms with Gasteiger partial charge in [0, 0.05) is 45.7 Å². The van der Waals surface area contributed by atoms with Crippen LogP contribution in [0.25, 0.3) is 0 Å². The van der Waals surface area contributed by atoms with Crippen molar-refractivity contribution in [3.8, 4) is 0 Å². The molecule has 0 saturated carbocycles. The number of likely N-dealkylation sites (tertiary alicyclic amines) is 1. The summed E-state index contributed by atoms with van der Waals surface area (Å²) in [6, 6.07) is 0.321. The van der Waals surface area contributed by atoms with Gasteiger partial charge in [0.25, 0.3) is 0 Å². The number of likely N-dealkylation sites (N-methyl/N-ethyl adjacent to an activating group) is 1. The molecule has 166 valence electrons. The fourth-order valence-electron chi connectivity index (χ4n) is 3.58. The monoisotopic (exact) mass is 420 g/mol. The van der Waals surface area contributed by atoms with Gasteiger partial charge >= 0.3 is 6.09 Å². The number of ether oxygens (including phenoxy) is 1. The minimum atomic E-state index is -0.259. The first-order chi connectivity index (χ1) is 14.5. The number of hydrogen-bond acceptors (Lipinski definition) is 6. The fraction of sp³-hybridized carbons (Fsp3) is 0.737. The number of nitrogens with zero attached hydrogens (tertiary/aromatic N) is 6. The molecule has 1 unspecified atom stereocenters. The minimum Gasteiger partial charge on any atom is -0.450 e. The van der Waals surface area contributed by atoms with E-state index in [2.05, 4.69) is 25.7 Å². The summed E-state index contributed by atoms with van der Waals surface area (Å²) in [6.45, 7) is 4.23. The standard InChI is InChI=1S/C19H32N8O3/c1-4-30-19(29)26-9-7-14(8-10-26)23-18(20-11-17(28)25(2)3)24-15-5-6-16-21-13-22-27(16)12-15/h13-15H,4-12H2,1-3H3,(H2,20,23,24). The van der Waals surface area contributed by atoms with Crippen molar-refractivity contribution in [2.75, 3.05) is 40.3 Å². The maximum atomic E-state index is 12.0. The number of hydrogen-bond donors (Lipinski definition) is 2. The third-order valence-corrected chi connectivity index (χ3v) is 5.38.